The summed E-state index contributed by atoms with van der Waals surface area (Å²) in [4.78, 5) is 4.01. The van der Waals surface area contributed by atoms with Gasteiger partial charge in [0, 0.05) is 6.26 Å². The molecule has 0 aliphatic carbocycles. The molecule has 0 spiro atoms. The third-order valence-electron chi connectivity index (χ3n) is 3.37. The zero-order valence-electron chi connectivity index (χ0n) is 13.6. The average molecular weight is 433 g/mol. The van der Waals surface area contributed by atoms with Crippen molar-refractivity contribution >= 4 is 58.7 Å². The summed E-state index contributed by atoms with van der Waals surface area (Å²) in [7, 11) is -5.87. The van der Waals surface area contributed by atoms with Gasteiger partial charge in [0.1, 0.15) is 5.75 Å². The number of hydrogen-bond acceptors (Lipinski definition) is 7. The summed E-state index contributed by atoms with van der Waals surface area (Å²) in [6.45, 7) is 0. The summed E-state index contributed by atoms with van der Waals surface area (Å²) in [6.07, 6.45) is 1.07. The van der Waals surface area contributed by atoms with Crippen LogP contribution in [0.25, 0.3) is 10.2 Å². The van der Waals surface area contributed by atoms with Gasteiger partial charge in [-0.25, -0.2) is 21.8 Å². The minimum Gasteiger partial charge on any atom is -0.495 e. The molecule has 3 rings (SSSR count). The largest absolute Gasteiger partial charge is 0.495 e. The lowest BCUT2D eigenvalue weighted by atomic mass is 10.3. The maximum Gasteiger partial charge on any atom is 0.261 e. The van der Waals surface area contributed by atoms with Crippen LogP contribution in [0.3, 0.4) is 0 Å². The second kappa shape index (κ2) is 6.69. The standard InChI is InChI=1S/C15H13ClN2O5S3/c1-23-13-6-4-10(8-11(13)16)26(21,22)18-9-3-5-12-14(7-9)24-15(17-12)25(2,19)20/h3-8,18H,1-2H3. The van der Waals surface area contributed by atoms with Crippen LogP contribution in [0.2, 0.25) is 5.02 Å². The van der Waals surface area contributed by atoms with Gasteiger partial charge in [-0.15, -0.1) is 11.3 Å². The minimum absolute atomic E-state index is 0.0190. The first-order valence-electron chi connectivity index (χ1n) is 7.07. The number of sulfonamides is 1. The van der Waals surface area contributed by atoms with Crippen molar-refractivity contribution in [3.05, 3.63) is 41.4 Å². The fourth-order valence-corrected chi connectivity index (χ4v) is 5.43. The quantitative estimate of drug-likeness (QED) is 0.664. The van der Waals surface area contributed by atoms with Crippen LogP contribution >= 0.6 is 22.9 Å². The molecule has 0 aliphatic rings. The maximum atomic E-state index is 12.5. The Morgan fingerprint density at radius 1 is 1.12 bits per heavy atom. The molecule has 0 radical (unpaired) electrons. The average Bonchev–Trinajstić information content (AvgIpc) is 2.98. The van der Waals surface area contributed by atoms with Crippen LogP contribution in [-0.4, -0.2) is 35.2 Å². The van der Waals surface area contributed by atoms with E-state index in [1.165, 1.54) is 37.4 Å². The van der Waals surface area contributed by atoms with E-state index in [0.717, 1.165) is 17.6 Å². The molecule has 11 heteroatoms. The Bertz CT molecular complexity index is 1200. The molecule has 0 aliphatic heterocycles. The highest BCUT2D eigenvalue weighted by atomic mass is 35.5. The van der Waals surface area contributed by atoms with Crippen LogP contribution in [0.1, 0.15) is 0 Å². The number of rotatable bonds is 5. The highest BCUT2D eigenvalue weighted by Crippen LogP contribution is 2.30. The van der Waals surface area contributed by atoms with Crippen LogP contribution in [-0.2, 0) is 19.9 Å². The highest BCUT2D eigenvalue weighted by Gasteiger charge is 2.18. The Kier molecular flexibility index (Phi) is 4.86. The van der Waals surface area contributed by atoms with Crippen LogP contribution in [0.4, 0.5) is 5.69 Å². The number of fused-ring (bicyclic) bond motifs is 1. The van der Waals surface area contributed by atoms with Gasteiger partial charge in [-0.1, -0.05) is 11.6 Å². The van der Waals surface area contributed by atoms with Crippen molar-refractivity contribution < 1.29 is 21.6 Å². The molecule has 138 valence electrons. The van der Waals surface area contributed by atoms with E-state index in [1.54, 1.807) is 6.07 Å². The summed E-state index contributed by atoms with van der Waals surface area (Å²) >= 11 is 6.96. The van der Waals surface area contributed by atoms with E-state index in [-0.39, 0.29) is 19.9 Å². The molecular weight excluding hydrogens is 420 g/mol. The fraction of sp³-hybridized carbons (Fsp3) is 0.133. The Morgan fingerprint density at radius 2 is 1.85 bits per heavy atom. The normalized spacial score (nSPS) is 12.3. The molecule has 1 N–H and O–H groups in total. The van der Waals surface area contributed by atoms with Crippen molar-refractivity contribution in [2.45, 2.75) is 9.24 Å². The second-order valence-electron chi connectivity index (χ2n) is 5.34. The number of sulfone groups is 1. The number of nitrogens with zero attached hydrogens (tertiary/aromatic N) is 1. The molecule has 1 aromatic heterocycles. The molecule has 0 amide bonds. The van der Waals surface area contributed by atoms with Gasteiger partial charge < -0.3 is 4.74 Å². The minimum atomic E-state index is -3.88. The number of halogens is 1. The summed E-state index contributed by atoms with van der Waals surface area (Å²) in [5, 5.41) is 0.172. The van der Waals surface area contributed by atoms with E-state index in [0.29, 0.717) is 16.0 Å². The molecule has 0 unspecified atom stereocenters. The SMILES string of the molecule is COc1ccc(S(=O)(=O)Nc2ccc3nc(S(C)(=O)=O)sc3c2)cc1Cl. The zero-order valence-corrected chi connectivity index (χ0v) is 16.8. The lowest BCUT2D eigenvalue weighted by Gasteiger charge is -2.10. The molecule has 0 bridgehead atoms. The molecule has 0 saturated heterocycles. The van der Waals surface area contributed by atoms with Gasteiger partial charge in [-0.3, -0.25) is 4.72 Å². The number of ether oxygens (including phenoxy) is 1. The molecule has 3 aromatic rings. The summed E-state index contributed by atoms with van der Waals surface area (Å²) in [5.41, 5.74) is 0.763. The summed E-state index contributed by atoms with van der Waals surface area (Å²) < 4.78 is 56.3. The van der Waals surface area contributed by atoms with Crippen LogP contribution in [0.5, 0.6) is 5.75 Å². The molecular formula is C15H13ClN2O5S3. The van der Waals surface area contributed by atoms with Gasteiger partial charge in [0.05, 0.1) is 32.9 Å². The van der Waals surface area contributed by atoms with Gasteiger partial charge in [-0.2, -0.15) is 0 Å². The summed E-state index contributed by atoms with van der Waals surface area (Å²) in [5.74, 6) is 0.366. The van der Waals surface area contributed by atoms with Crippen molar-refractivity contribution in [2.75, 3.05) is 18.1 Å². The van der Waals surface area contributed by atoms with E-state index in [2.05, 4.69) is 9.71 Å². The Balaban J connectivity index is 1.95. The number of methoxy groups -OCH3 is 1. The third kappa shape index (κ3) is 3.78. The summed E-state index contributed by atoms with van der Waals surface area (Å²) in [6, 6.07) is 8.72. The monoisotopic (exact) mass is 432 g/mol. The van der Waals surface area contributed by atoms with Gasteiger partial charge in [0.15, 0.2) is 0 Å². The highest BCUT2D eigenvalue weighted by molar-refractivity contribution is 7.93. The van der Waals surface area contributed by atoms with Gasteiger partial charge in [-0.05, 0) is 36.4 Å². The predicted octanol–water partition coefficient (Wildman–Crippen LogP) is 3.16. The van der Waals surface area contributed by atoms with Crippen molar-refractivity contribution in [2.24, 2.45) is 0 Å². The molecule has 26 heavy (non-hydrogen) atoms. The molecule has 0 fully saturated rings. The first-order chi connectivity index (χ1) is 12.1. The molecule has 0 saturated carbocycles. The lowest BCUT2D eigenvalue weighted by Crippen LogP contribution is -2.12. The van der Waals surface area contributed by atoms with Crippen LogP contribution in [0.15, 0.2) is 45.6 Å². The van der Waals surface area contributed by atoms with Gasteiger partial charge >= 0.3 is 0 Å². The maximum absolute atomic E-state index is 12.5. The van der Waals surface area contributed by atoms with E-state index in [1.807, 2.05) is 0 Å². The molecule has 2 aromatic carbocycles. The fourth-order valence-electron chi connectivity index (χ4n) is 2.15. The van der Waals surface area contributed by atoms with E-state index in [4.69, 9.17) is 16.3 Å². The van der Waals surface area contributed by atoms with E-state index >= 15 is 0 Å². The molecule has 0 atom stereocenters. The molecule has 1 heterocycles. The van der Waals surface area contributed by atoms with Crippen LogP contribution < -0.4 is 9.46 Å². The Morgan fingerprint density at radius 3 is 2.46 bits per heavy atom. The number of thiazole rings is 1. The topological polar surface area (TPSA) is 102 Å². The van der Waals surface area contributed by atoms with Gasteiger partial charge in [0.25, 0.3) is 10.0 Å². The van der Waals surface area contributed by atoms with E-state index < -0.39 is 19.9 Å². The van der Waals surface area contributed by atoms with Gasteiger partial charge in [0.2, 0.25) is 14.2 Å². The van der Waals surface area contributed by atoms with Crippen molar-refractivity contribution in [3.63, 3.8) is 0 Å². The number of benzene rings is 2. The molecule has 7 nitrogen and oxygen atoms in total. The lowest BCUT2D eigenvalue weighted by molar-refractivity contribution is 0.414. The number of anilines is 1. The van der Waals surface area contributed by atoms with Crippen molar-refractivity contribution in [1.29, 1.82) is 0 Å². The third-order valence-corrected chi connectivity index (χ3v) is 7.74. The van der Waals surface area contributed by atoms with E-state index in [9.17, 15) is 16.8 Å². The zero-order chi connectivity index (χ0) is 19.1. The first kappa shape index (κ1) is 18.9. The first-order valence-corrected chi connectivity index (χ1v) is 11.6. The predicted molar refractivity (Wildman–Crippen MR) is 102 cm³/mol. The second-order valence-corrected chi connectivity index (χ2v) is 10.6. The van der Waals surface area contributed by atoms with Crippen LogP contribution in [0, 0.1) is 0 Å². The Hall–Kier alpha value is -1.88. The number of aromatic nitrogens is 1. The number of hydrogen-bond donors (Lipinski definition) is 1. The smallest absolute Gasteiger partial charge is 0.261 e. The van der Waals surface area contributed by atoms with Crippen molar-refractivity contribution in [3.8, 4) is 5.75 Å². The Labute approximate surface area is 159 Å². The van der Waals surface area contributed by atoms with Crippen molar-refractivity contribution in [1.82, 2.24) is 4.98 Å². The number of nitrogens with one attached hydrogen (secondary N) is 1.